The molecule has 4 nitrogen and oxygen atoms in total. The van der Waals surface area contributed by atoms with E-state index in [-0.39, 0.29) is 18.0 Å². The first-order valence-electron chi connectivity index (χ1n) is 9.38. The molecule has 0 aliphatic heterocycles. The van der Waals surface area contributed by atoms with Crippen molar-refractivity contribution in [3.8, 4) is 0 Å². The predicted octanol–water partition coefficient (Wildman–Crippen LogP) is 4.08. The number of carbonyl (C=O) groups is 1. The number of anilines is 1. The third-order valence-corrected chi connectivity index (χ3v) is 4.75. The van der Waals surface area contributed by atoms with Crippen LogP contribution in [0.15, 0.2) is 77.4 Å². The summed E-state index contributed by atoms with van der Waals surface area (Å²) in [6.07, 6.45) is 1.67. The van der Waals surface area contributed by atoms with Gasteiger partial charge in [-0.1, -0.05) is 56.3 Å². The van der Waals surface area contributed by atoms with Gasteiger partial charge in [0.25, 0.3) is 5.91 Å². The van der Waals surface area contributed by atoms with Crippen LogP contribution in [0.3, 0.4) is 0 Å². The van der Waals surface area contributed by atoms with Crippen molar-refractivity contribution in [2.45, 2.75) is 38.8 Å². The normalized spacial score (nSPS) is 13.3. The zero-order valence-electron chi connectivity index (χ0n) is 16.1. The Morgan fingerprint density at radius 2 is 1.59 bits per heavy atom. The first kappa shape index (κ1) is 18.9. The van der Waals surface area contributed by atoms with Crippen LogP contribution in [0, 0.1) is 0 Å². The second-order valence-electron chi connectivity index (χ2n) is 7.15. The van der Waals surface area contributed by atoms with Crippen molar-refractivity contribution >= 4 is 11.6 Å². The summed E-state index contributed by atoms with van der Waals surface area (Å²) in [5.74, 6) is 1.28. The molecule has 0 radical (unpaired) electrons. The van der Waals surface area contributed by atoms with Gasteiger partial charge in [0.15, 0.2) is 17.8 Å². The zero-order chi connectivity index (χ0) is 19.2. The van der Waals surface area contributed by atoms with Crippen LogP contribution < -0.4 is 10.6 Å². The maximum Gasteiger partial charge on any atom is 0.282 e. The summed E-state index contributed by atoms with van der Waals surface area (Å²) in [7, 11) is 0. The number of nitrogens with one attached hydrogen (secondary N) is 1. The molecule has 0 saturated heterocycles. The number of nitrogens with two attached hydrogens (primary N) is 1. The van der Waals surface area contributed by atoms with Crippen molar-refractivity contribution < 1.29 is 14.5 Å². The van der Waals surface area contributed by atoms with Crippen molar-refractivity contribution in [2.75, 3.05) is 5.32 Å². The number of amides is 1. The van der Waals surface area contributed by atoms with Crippen LogP contribution >= 0.6 is 0 Å². The summed E-state index contributed by atoms with van der Waals surface area (Å²) in [4.78, 5) is 12.7. The van der Waals surface area contributed by atoms with Crippen LogP contribution in [0.1, 0.15) is 49.6 Å². The Bertz CT molecular complexity index is 840. The van der Waals surface area contributed by atoms with E-state index in [0.717, 1.165) is 17.0 Å². The second kappa shape index (κ2) is 8.69. The molecule has 1 amide bonds. The van der Waals surface area contributed by atoms with Gasteiger partial charge in [0, 0.05) is 11.3 Å². The Morgan fingerprint density at radius 1 is 0.889 bits per heavy atom. The average Bonchev–Trinajstić information content (AvgIpc) is 3.21. The van der Waals surface area contributed by atoms with Gasteiger partial charge in [-0.15, -0.1) is 0 Å². The molecular weight excluding hydrogens is 336 g/mol. The molecule has 1 aromatic heterocycles. The summed E-state index contributed by atoms with van der Waals surface area (Å²) in [5.41, 5.74) is 3.18. The van der Waals surface area contributed by atoms with E-state index >= 15 is 0 Å². The van der Waals surface area contributed by atoms with Crippen LogP contribution in [0.4, 0.5) is 5.69 Å². The fourth-order valence-corrected chi connectivity index (χ4v) is 3.08. The summed E-state index contributed by atoms with van der Waals surface area (Å²) < 4.78 is 5.62. The number of quaternary nitrogens is 1. The van der Waals surface area contributed by atoms with Crippen LogP contribution in [0.5, 0.6) is 0 Å². The largest absolute Gasteiger partial charge is 0.463 e. The van der Waals surface area contributed by atoms with E-state index in [9.17, 15) is 4.79 Å². The Morgan fingerprint density at radius 3 is 2.19 bits per heavy atom. The van der Waals surface area contributed by atoms with Gasteiger partial charge in [-0.25, -0.2) is 0 Å². The lowest BCUT2D eigenvalue weighted by atomic mass is 10.0. The molecule has 2 aromatic carbocycles. The second-order valence-corrected chi connectivity index (χ2v) is 7.15. The molecule has 0 unspecified atom stereocenters. The third kappa shape index (κ3) is 4.86. The lowest BCUT2D eigenvalue weighted by Gasteiger charge is -2.19. The Balaban J connectivity index is 1.70. The van der Waals surface area contributed by atoms with Crippen molar-refractivity contribution in [1.82, 2.24) is 0 Å². The molecule has 0 aliphatic carbocycles. The van der Waals surface area contributed by atoms with E-state index in [1.54, 1.807) is 6.26 Å². The quantitative estimate of drug-likeness (QED) is 0.664. The monoisotopic (exact) mass is 363 g/mol. The molecule has 0 spiro atoms. The van der Waals surface area contributed by atoms with Gasteiger partial charge in [0.05, 0.1) is 6.26 Å². The SMILES string of the molecule is CC(C)c1ccc(NC(=O)[C@@H](C)[NH2+][C@H](c2ccccc2)c2ccco2)cc1. The molecule has 140 valence electrons. The zero-order valence-corrected chi connectivity index (χ0v) is 16.1. The highest BCUT2D eigenvalue weighted by molar-refractivity contribution is 5.93. The van der Waals surface area contributed by atoms with Crippen LogP contribution in [-0.4, -0.2) is 11.9 Å². The topological polar surface area (TPSA) is 58.9 Å². The summed E-state index contributed by atoms with van der Waals surface area (Å²) >= 11 is 0. The van der Waals surface area contributed by atoms with Gasteiger partial charge in [-0.05, 0) is 42.7 Å². The maximum absolute atomic E-state index is 12.7. The van der Waals surface area contributed by atoms with Crippen molar-refractivity contribution in [1.29, 1.82) is 0 Å². The van der Waals surface area contributed by atoms with E-state index in [1.807, 2.05) is 54.7 Å². The molecular formula is C23H27N2O2+. The maximum atomic E-state index is 12.7. The molecule has 1 heterocycles. The first-order chi connectivity index (χ1) is 13.0. The van der Waals surface area contributed by atoms with Crippen molar-refractivity contribution in [2.24, 2.45) is 0 Å². The highest BCUT2D eigenvalue weighted by Crippen LogP contribution is 2.19. The average molecular weight is 363 g/mol. The van der Waals surface area contributed by atoms with Crippen LogP contribution in [0.25, 0.3) is 0 Å². The summed E-state index contributed by atoms with van der Waals surface area (Å²) in [5, 5.41) is 5.04. The number of hydrogen-bond acceptors (Lipinski definition) is 2. The third-order valence-electron chi connectivity index (χ3n) is 4.75. The van der Waals surface area contributed by atoms with Gasteiger partial charge >= 0.3 is 0 Å². The number of benzene rings is 2. The molecule has 0 saturated carbocycles. The number of furan rings is 1. The molecule has 0 aliphatic rings. The minimum Gasteiger partial charge on any atom is -0.463 e. The van der Waals surface area contributed by atoms with E-state index in [1.165, 1.54) is 5.56 Å². The Hall–Kier alpha value is -2.85. The summed E-state index contributed by atoms with van der Waals surface area (Å²) in [6, 6.07) is 21.6. The van der Waals surface area contributed by atoms with Crippen molar-refractivity contribution in [3.63, 3.8) is 0 Å². The molecule has 3 aromatic rings. The smallest absolute Gasteiger partial charge is 0.282 e. The van der Waals surface area contributed by atoms with E-state index < -0.39 is 0 Å². The molecule has 0 bridgehead atoms. The fourth-order valence-electron chi connectivity index (χ4n) is 3.08. The fraction of sp³-hybridized carbons (Fsp3) is 0.261. The van der Waals surface area contributed by atoms with Crippen LogP contribution in [-0.2, 0) is 4.79 Å². The van der Waals surface area contributed by atoms with Crippen molar-refractivity contribution in [3.05, 3.63) is 89.9 Å². The number of carbonyl (C=O) groups excluding carboxylic acids is 1. The highest BCUT2D eigenvalue weighted by atomic mass is 16.3. The standard InChI is InChI=1S/C23H26N2O2/c1-16(2)18-11-13-20(14-12-18)25-23(26)17(3)24-22(21-10-7-15-27-21)19-8-5-4-6-9-19/h4-17,22,24H,1-3H3,(H,25,26)/p+1/t17-,22-/m1/s1. The lowest BCUT2D eigenvalue weighted by Crippen LogP contribution is -2.92. The Labute approximate surface area is 160 Å². The number of rotatable bonds is 7. The molecule has 3 N–H and O–H groups in total. The van der Waals surface area contributed by atoms with Crippen LogP contribution in [0.2, 0.25) is 0 Å². The minimum absolute atomic E-state index is 0.0280. The van der Waals surface area contributed by atoms with Gasteiger partial charge in [0.1, 0.15) is 0 Å². The van der Waals surface area contributed by atoms with E-state index in [4.69, 9.17) is 4.42 Å². The molecule has 3 rings (SSSR count). The molecule has 0 fully saturated rings. The summed E-state index contributed by atoms with van der Waals surface area (Å²) in [6.45, 7) is 6.22. The molecule has 2 atom stereocenters. The minimum atomic E-state index is -0.273. The molecule has 27 heavy (non-hydrogen) atoms. The number of hydrogen-bond donors (Lipinski definition) is 2. The van der Waals surface area contributed by atoms with Gasteiger partial charge in [0.2, 0.25) is 0 Å². The lowest BCUT2D eigenvalue weighted by molar-refractivity contribution is -0.706. The Kier molecular flexibility index (Phi) is 6.09. The van der Waals surface area contributed by atoms with Gasteiger partial charge < -0.3 is 15.1 Å². The highest BCUT2D eigenvalue weighted by Gasteiger charge is 2.26. The van der Waals surface area contributed by atoms with Gasteiger partial charge in [-0.3, -0.25) is 4.79 Å². The van der Waals surface area contributed by atoms with E-state index in [2.05, 4.69) is 43.4 Å². The van der Waals surface area contributed by atoms with Gasteiger partial charge in [-0.2, -0.15) is 0 Å². The molecule has 4 heteroatoms. The predicted molar refractivity (Wildman–Crippen MR) is 108 cm³/mol. The first-order valence-corrected chi connectivity index (χ1v) is 9.38. The van der Waals surface area contributed by atoms with E-state index in [0.29, 0.717) is 5.92 Å².